The van der Waals surface area contributed by atoms with E-state index in [-0.39, 0.29) is 6.42 Å². The van der Waals surface area contributed by atoms with E-state index in [9.17, 15) is 13.6 Å². The van der Waals surface area contributed by atoms with Gasteiger partial charge in [-0.05, 0) is 5.56 Å². The minimum absolute atomic E-state index is 0.0987. The van der Waals surface area contributed by atoms with Gasteiger partial charge in [-0.3, -0.25) is 4.79 Å². The summed E-state index contributed by atoms with van der Waals surface area (Å²) < 4.78 is 25.4. The largest absolute Gasteiger partial charge is 0.350 e. The number of hydrogen-bond donors (Lipinski definition) is 2. The Labute approximate surface area is 92.6 Å². The number of carbonyl (C=O) groups is 1. The summed E-state index contributed by atoms with van der Waals surface area (Å²) in [5.74, 6) is -3.47. The van der Waals surface area contributed by atoms with E-state index >= 15 is 0 Å². The smallest absolute Gasteiger partial charge is 0.277 e. The van der Waals surface area contributed by atoms with Crippen LogP contribution in [-0.4, -0.2) is 24.9 Å². The number of carbonyl (C=O) groups excluding carboxylic acids is 1. The molecular formula is C11H14F2N2O. The molecule has 1 aromatic rings. The molecule has 3 nitrogen and oxygen atoms in total. The van der Waals surface area contributed by atoms with Crippen molar-refractivity contribution in [1.29, 1.82) is 0 Å². The quantitative estimate of drug-likeness (QED) is 0.788. The number of amides is 1. The molecule has 0 saturated carbocycles. The molecule has 0 radical (unpaired) electrons. The Kier molecular flexibility index (Phi) is 4.37. The van der Waals surface area contributed by atoms with Crippen LogP contribution in [0.2, 0.25) is 0 Å². The molecule has 3 N–H and O–H groups in total. The number of nitrogens with two attached hydrogens (primary N) is 1. The van der Waals surface area contributed by atoms with Crippen molar-refractivity contribution in [3.8, 4) is 0 Å². The fourth-order valence-electron chi connectivity index (χ4n) is 1.14. The summed E-state index contributed by atoms with van der Waals surface area (Å²) in [6, 6.07) is 8.93. The summed E-state index contributed by atoms with van der Waals surface area (Å²) in [5.41, 5.74) is 5.63. The zero-order chi connectivity index (χ0) is 12.0. The van der Waals surface area contributed by atoms with Crippen molar-refractivity contribution in [1.82, 2.24) is 5.32 Å². The molecule has 0 atom stereocenters. The lowest BCUT2D eigenvalue weighted by atomic mass is 10.1. The normalized spacial score (nSPS) is 11.2. The lowest BCUT2D eigenvalue weighted by molar-refractivity contribution is -0.122. The fraction of sp³-hybridized carbons (Fsp3) is 0.364. The first kappa shape index (κ1) is 12.6. The molecule has 0 aliphatic carbocycles. The SMILES string of the molecule is NCC(F)(F)CNC(=O)Cc1ccccc1. The molecule has 0 aromatic heterocycles. The molecule has 0 spiro atoms. The first-order chi connectivity index (χ1) is 7.53. The highest BCUT2D eigenvalue weighted by molar-refractivity contribution is 5.78. The van der Waals surface area contributed by atoms with Gasteiger partial charge >= 0.3 is 0 Å². The van der Waals surface area contributed by atoms with Gasteiger partial charge in [-0.2, -0.15) is 0 Å². The van der Waals surface area contributed by atoms with Crippen molar-refractivity contribution >= 4 is 5.91 Å². The van der Waals surface area contributed by atoms with E-state index < -0.39 is 24.9 Å². The summed E-state index contributed by atoms with van der Waals surface area (Å²) in [4.78, 5) is 11.3. The zero-order valence-electron chi connectivity index (χ0n) is 8.75. The molecule has 0 aliphatic heterocycles. The number of hydrogen-bond acceptors (Lipinski definition) is 2. The second-order valence-electron chi connectivity index (χ2n) is 3.50. The minimum atomic E-state index is -3.04. The molecule has 0 unspecified atom stereocenters. The topological polar surface area (TPSA) is 55.1 Å². The van der Waals surface area contributed by atoms with E-state index in [1.165, 1.54) is 0 Å². The van der Waals surface area contributed by atoms with Crippen LogP contribution in [0.25, 0.3) is 0 Å². The molecule has 1 aromatic carbocycles. The van der Waals surface area contributed by atoms with Crippen LogP contribution in [0, 0.1) is 0 Å². The molecule has 1 amide bonds. The Bertz CT molecular complexity index is 341. The average molecular weight is 228 g/mol. The lowest BCUT2D eigenvalue weighted by Gasteiger charge is -2.14. The summed E-state index contributed by atoms with van der Waals surface area (Å²) in [5, 5.41) is 2.15. The predicted molar refractivity (Wildman–Crippen MR) is 57.2 cm³/mol. The van der Waals surface area contributed by atoms with Crippen LogP contribution in [0.1, 0.15) is 5.56 Å². The van der Waals surface area contributed by atoms with E-state index in [1.54, 1.807) is 24.3 Å². The molecule has 0 heterocycles. The van der Waals surface area contributed by atoms with Gasteiger partial charge in [-0.15, -0.1) is 0 Å². The van der Waals surface area contributed by atoms with Gasteiger partial charge in [-0.1, -0.05) is 30.3 Å². The first-order valence-corrected chi connectivity index (χ1v) is 4.92. The maximum absolute atomic E-state index is 12.7. The van der Waals surface area contributed by atoms with E-state index in [1.807, 2.05) is 6.07 Å². The Morgan fingerprint density at radius 3 is 2.50 bits per heavy atom. The van der Waals surface area contributed by atoms with Crippen molar-refractivity contribution < 1.29 is 13.6 Å². The van der Waals surface area contributed by atoms with E-state index in [4.69, 9.17) is 5.73 Å². The van der Waals surface area contributed by atoms with Crippen LogP contribution in [0.3, 0.4) is 0 Å². The summed E-state index contributed by atoms with van der Waals surface area (Å²) in [7, 11) is 0. The fourth-order valence-corrected chi connectivity index (χ4v) is 1.14. The van der Waals surface area contributed by atoms with Crippen LogP contribution in [0.15, 0.2) is 30.3 Å². The van der Waals surface area contributed by atoms with E-state index in [0.717, 1.165) is 5.56 Å². The molecule has 88 valence electrons. The van der Waals surface area contributed by atoms with Crippen LogP contribution < -0.4 is 11.1 Å². The van der Waals surface area contributed by atoms with Crippen LogP contribution in [-0.2, 0) is 11.2 Å². The number of alkyl halides is 2. The molecule has 0 fully saturated rings. The first-order valence-electron chi connectivity index (χ1n) is 4.92. The predicted octanol–water partition coefficient (Wildman–Crippen LogP) is 0.939. The zero-order valence-corrected chi connectivity index (χ0v) is 8.75. The Morgan fingerprint density at radius 1 is 1.31 bits per heavy atom. The van der Waals surface area contributed by atoms with Crippen LogP contribution >= 0.6 is 0 Å². The summed E-state index contributed by atoms with van der Waals surface area (Å²) in [6.07, 6.45) is 0.0987. The lowest BCUT2D eigenvalue weighted by Crippen LogP contribution is -2.42. The number of halogens is 2. The average Bonchev–Trinajstić information content (AvgIpc) is 2.28. The van der Waals surface area contributed by atoms with Crippen molar-refractivity contribution in [3.05, 3.63) is 35.9 Å². The molecule has 0 aliphatic rings. The Hall–Kier alpha value is -1.49. The molecule has 1 rings (SSSR count). The summed E-state index contributed by atoms with van der Waals surface area (Å²) in [6.45, 7) is -1.48. The van der Waals surface area contributed by atoms with Gasteiger partial charge in [0.1, 0.15) is 0 Å². The second-order valence-corrected chi connectivity index (χ2v) is 3.50. The van der Waals surface area contributed by atoms with Gasteiger partial charge in [0, 0.05) is 0 Å². The van der Waals surface area contributed by atoms with Crippen molar-refractivity contribution in [2.75, 3.05) is 13.1 Å². The van der Waals surface area contributed by atoms with Gasteiger partial charge in [0.05, 0.1) is 19.5 Å². The van der Waals surface area contributed by atoms with Gasteiger partial charge in [0.2, 0.25) is 5.91 Å². The van der Waals surface area contributed by atoms with Crippen LogP contribution in [0.4, 0.5) is 8.78 Å². The standard InChI is InChI=1S/C11H14F2N2O/c12-11(13,7-14)8-15-10(16)6-9-4-2-1-3-5-9/h1-5H,6-8,14H2,(H,15,16). The minimum Gasteiger partial charge on any atom is -0.350 e. The van der Waals surface area contributed by atoms with E-state index in [2.05, 4.69) is 5.32 Å². The van der Waals surface area contributed by atoms with Gasteiger partial charge < -0.3 is 11.1 Å². The van der Waals surface area contributed by atoms with Gasteiger partial charge in [0.15, 0.2) is 0 Å². The molecule has 5 heteroatoms. The monoisotopic (exact) mass is 228 g/mol. The maximum Gasteiger partial charge on any atom is 0.277 e. The van der Waals surface area contributed by atoms with E-state index in [0.29, 0.717) is 0 Å². The van der Waals surface area contributed by atoms with Crippen molar-refractivity contribution in [2.45, 2.75) is 12.3 Å². The third-order valence-corrected chi connectivity index (χ3v) is 2.05. The van der Waals surface area contributed by atoms with Gasteiger partial charge in [0.25, 0.3) is 5.92 Å². The Balaban J connectivity index is 2.38. The highest BCUT2D eigenvalue weighted by Crippen LogP contribution is 2.08. The number of rotatable bonds is 5. The molecule has 0 saturated heterocycles. The highest BCUT2D eigenvalue weighted by Gasteiger charge is 2.26. The van der Waals surface area contributed by atoms with Crippen LogP contribution in [0.5, 0.6) is 0 Å². The van der Waals surface area contributed by atoms with Crippen molar-refractivity contribution in [2.24, 2.45) is 5.73 Å². The molecule has 16 heavy (non-hydrogen) atoms. The maximum atomic E-state index is 12.7. The van der Waals surface area contributed by atoms with Crippen molar-refractivity contribution in [3.63, 3.8) is 0 Å². The second kappa shape index (κ2) is 5.55. The van der Waals surface area contributed by atoms with Gasteiger partial charge in [-0.25, -0.2) is 8.78 Å². The summed E-state index contributed by atoms with van der Waals surface area (Å²) >= 11 is 0. The Morgan fingerprint density at radius 2 is 1.94 bits per heavy atom. The third-order valence-electron chi connectivity index (χ3n) is 2.05. The molecular weight excluding hydrogens is 214 g/mol. The number of nitrogens with one attached hydrogen (secondary N) is 1. The molecule has 0 bridgehead atoms. The number of benzene rings is 1. The third kappa shape index (κ3) is 4.35. The highest BCUT2D eigenvalue weighted by atomic mass is 19.3.